The lowest BCUT2D eigenvalue weighted by Gasteiger charge is -2.34. The lowest BCUT2D eigenvalue weighted by atomic mass is 10.0. The zero-order chi connectivity index (χ0) is 12.0. The van der Waals surface area contributed by atoms with Crippen LogP contribution < -0.4 is 0 Å². The van der Waals surface area contributed by atoms with Crippen molar-refractivity contribution in [2.45, 2.75) is 32.8 Å². The number of hydrogen-bond donors (Lipinski definition) is 0. The molecule has 0 bridgehead atoms. The Morgan fingerprint density at radius 1 is 1.44 bits per heavy atom. The van der Waals surface area contributed by atoms with Crippen molar-refractivity contribution in [1.82, 2.24) is 9.80 Å². The maximum atomic E-state index is 5.85. The standard InChI is InChI=1S/C13H28N2O/c1-5-6-15-7-8-16-13(11-15)9-12(2)10-14(3)4/h12-13H,5-11H2,1-4H3. The van der Waals surface area contributed by atoms with Crippen LogP contribution in [0.5, 0.6) is 0 Å². The molecule has 0 aliphatic carbocycles. The van der Waals surface area contributed by atoms with E-state index in [1.165, 1.54) is 19.4 Å². The van der Waals surface area contributed by atoms with Crippen molar-refractivity contribution in [3.63, 3.8) is 0 Å². The average molecular weight is 228 g/mol. The molecule has 1 saturated heterocycles. The maximum Gasteiger partial charge on any atom is 0.0705 e. The topological polar surface area (TPSA) is 15.7 Å². The number of ether oxygens (including phenoxy) is 1. The molecule has 1 fully saturated rings. The van der Waals surface area contributed by atoms with E-state index in [0.717, 1.165) is 32.2 Å². The monoisotopic (exact) mass is 228 g/mol. The van der Waals surface area contributed by atoms with Crippen LogP contribution in [0, 0.1) is 5.92 Å². The Hall–Kier alpha value is -0.120. The highest BCUT2D eigenvalue weighted by atomic mass is 16.5. The van der Waals surface area contributed by atoms with Crippen LogP contribution in [0.25, 0.3) is 0 Å². The summed E-state index contributed by atoms with van der Waals surface area (Å²) in [5.41, 5.74) is 0. The Balaban J connectivity index is 2.25. The van der Waals surface area contributed by atoms with E-state index in [4.69, 9.17) is 4.74 Å². The first-order chi connectivity index (χ1) is 7.61. The third-order valence-corrected chi connectivity index (χ3v) is 3.10. The van der Waals surface area contributed by atoms with E-state index in [1.54, 1.807) is 0 Å². The molecule has 0 aromatic carbocycles. The Labute approximate surface area is 101 Å². The van der Waals surface area contributed by atoms with Crippen molar-refractivity contribution in [1.29, 1.82) is 0 Å². The number of morpholine rings is 1. The van der Waals surface area contributed by atoms with Crippen molar-refractivity contribution in [2.24, 2.45) is 5.92 Å². The van der Waals surface area contributed by atoms with Crippen molar-refractivity contribution >= 4 is 0 Å². The number of nitrogens with zero attached hydrogens (tertiary/aromatic N) is 2. The van der Waals surface area contributed by atoms with Gasteiger partial charge >= 0.3 is 0 Å². The van der Waals surface area contributed by atoms with Gasteiger partial charge < -0.3 is 9.64 Å². The largest absolute Gasteiger partial charge is 0.376 e. The van der Waals surface area contributed by atoms with Crippen LogP contribution in [0.3, 0.4) is 0 Å². The highest BCUT2D eigenvalue weighted by molar-refractivity contribution is 4.74. The molecule has 0 spiro atoms. The fraction of sp³-hybridized carbons (Fsp3) is 1.00. The predicted molar refractivity (Wildman–Crippen MR) is 68.8 cm³/mol. The van der Waals surface area contributed by atoms with Gasteiger partial charge in [-0.15, -0.1) is 0 Å². The third kappa shape index (κ3) is 5.28. The second kappa shape index (κ2) is 7.25. The summed E-state index contributed by atoms with van der Waals surface area (Å²) in [5, 5.41) is 0. The minimum absolute atomic E-state index is 0.454. The summed E-state index contributed by atoms with van der Waals surface area (Å²) in [6.45, 7) is 10.1. The molecule has 2 atom stereocenters. The lowest BCUT2D eigenvalue weighted by Crippen LogP contribution is -2.43. The van der Waals surface area contributed by atoms with E-state index in [-0.39, 0.29) is 0 Å². The van der Waals surface area contributed by atoms with Gasteiger partial charge in [0.1, 0.15) is 0 Å². The minimum atomic E-state index is 0.454. The summed E-state index contributed by atoms with van der Waals surface area (Å²) < 4.78 is 5.85. The van der Waals surface area contributed by atoms with Gasteiger partial charge in [0.15, 0.2) is 0 Å². The highest BCUT2D eigenvalue weighted by Crippen LogP contribution is 2.15. The van der Waals surface area contributed by atoms with Crippen molar-refractivity contribution in [3.05, 3.63) is 0 Å². The fourth-order valence-corrected chi connectivity index (χ4v) is 2.59. The average Bonchev–Trinajstić information content (AvgIpc) is 2.17. The quantitative estimate of drug-likeness (QED) is 0.688. The number of hydrogen-bond acceptors (Lipinski definition) is 3. The van der Waals surface area contributed by atoms with Crippen LogP contribution in [0.2, 0.25) is 0 Å². The molecule has 3 nitrogen and oxygen atoms in total. The van der Waals surface area contributed by atoms with Gasteiger partial charge in [-0.1, -0.05) is 13.8 Å². The zero-order valence-electron chi connectivity index (χ0n) is 11.4. The molecule has 1 rings (SSSR count). The first-order valence-electron chi connectivity index (χ1n) is 6.60. The van der Waals surface area contributed by atoms with Crippen LogP contribution in [-0.2, 0) is 4.74 Å². The molecule has 3 heteroatoms. The summed E-state index contributed by atoms with van der Waals surface area (Å²) in [6, 6.07) is 0. The first-order valence-corrected chi connectivity index (χ1v) is 6.60. The third-order valence-electron chi connectivity index (χ3n) is 3.10. The van der Waals surface area contributed by atoms with E-state index < -0.39 is 0 Å². The normalized spacial score (nSPS) is 24.9. The minimum Gasteiger partial charge on any atom is -0.376 e. The summed E-state index contributed by atoms with van der Waals surface area (Å²) in [7, 11) is 4.28. The van der Waals surface area contributed by atoms with Crippen molar-refractivity contribution < 1.29 is 4.74 Å². The lowest BCUT2D eigenvalue weighted by molar-refractivity contribution is -0.0391. The van der Waals surface area contributed by atoms with Gasteiger partial charge in [-0.3, -0.25) is 4.90 Å². The summed E-state index contributed by atoms with van der Waals surface area (Å²) in [6.07, 6.45) is 2.90. The van der Waals surface area contributed by atoms with Crippen LogP contribution in [0.4, 0.5) is 0 Å². The van der Waals surface area contributed by atoms with E-state index in [9.17, 15) is 0 Å². The van der Waals surface area contributed by atoms with Gasteiger partial charge in [-0.2, -0.15) is 0 Å². The molecule has 1 aliphatic rings. The van der Waals surface area contributed by atoms with Crippen molar-refractivity contribution in [3.8, 4) is 0 Å². The van der Waals surface area contributed by atoms with Gasteiger partial charge in [-0.05, 0) is 39.4 Å². The van der Waals surface area contributed by atoms with Gasteiger partial charge in [0, 0.05) is 19.6 Å². The molecule has 1 aliphatic heterocycles. The molecule has 16 heavy (non-hydrogen) atoms. The smallest absolute Gasteiger partial charge is 0.0705 e. The van der Waals surface area contributed by atoms with E-state index in [2.05, 4.69) is 37.7 Å². The Kier molecular flexibility index (Phi) is 6.32. The number of rotatable bonds is 6. The molecular formula is C13H28N2O. The second-order valence-corrected chi connectivity index (χ2v) is 5.40. The Morgan fingerprint density at radius 2 is 2.19 bits per heavy atom. The van der Waals surface area contributed by atoms with Gasteiger partial charge in [0.2, 0.25) is 0 Å². The van der Waals surface area contributed by atoms with Gasteiger partial charge in [0.05, 0.1) is 12.7 Å². The molecule has 0 aromatic rings. The fourth-order valence-electron chi connectivity index (χ4n) is 2.59. The predicted octanol–water partition coefficient (Wildman–Crippen LogP) is 1.69. The molecule has 0 saturated carbocycles. The zero-order valence-corrected chi connectivity index (χ0v) is 11.4. The molecule has 0 radical (unpaired) electrons. The molecule has 96 valence electrons. The Bertz CT molecular complexity index is 183. The van der Waals surface area contributed by atoms with E-state index in [0.29, 0.717) is 6.10 Å². The summed E-state index contributed by atoms with van der Waals surface area (Å²) in [4.78, 5) is 4.80. The maximum absolute atomic E-state index is 5.85. The summed E-state index contributed by atoms with van der Waals surface area (Å²) in [5.74, 6) is 0.724. The van der Waals surface area contributed by atoms with Crippen LogP contribution in [-0.4, -0.2) is 62.8 Å². The highest BCUT2D eigenvalue weighted by Gasteiger charge is 2.21. The van der Waals surface area contributed by atoms with E-state index >= 15 is 0 Å². The van der Waals surface area contributed by atoms with Crippen LogP contribution >= 0.6 is 0 Å². The molecule has 0 amide bonds. The molecular weight excluding hydrogens is 200 g/mol. The first kappa shape index (κ1) is 13.9. The van der Waals surface area contributed by atoms with E-state index in [1.807, 2.05) is 0 Å². The van der Waals surface area contributed by atoms with Crippen molar-refractivity contribution in [2.75, 3.05) is 46.9 Å². The molecule has 2 unspecified atom stereocenters. The van der Waals surface area contributed by atoms with Gasteiger partial charge in [-0.25, -0.2) is 0 Å². The summed E-state index contributed by atoms with van der Waals surface area (Å²) >= 11 is 0. The molecule has 0 N–H and O–H groups in total. The molecule has 0 aromatic heterocycles. The van der Waals surface area contributed by atoms with Crippen LogP contribution in [0.1, 0.15) is 26.7 Å². The van der Waals surface area contributed by atoms with Gasteiger partial charge in [0.25, 0.3) is 0 Å². The Morgan fingerprint density at radius 3 is 2.81 bits per heavy atom. The molecule has 1 heterocycles. The second-order valence-electron chi connectivity index (χ2n) is 5.40. The SMILES string of the molecule is CCCN1CCOC(CC(C)CN(C)C)C1. The van der Waals surface area contributed by atoms with Crippen LogP contribution in [0.15, 0.2) is 0 Å².